The fraction of sp³-hybridized carbons (Fsp3) is 0.455. The monoisotopic (exact) mass is 249 g/mol. The number of rotatable bonds is 4. The fourth-order valence-electron chi connectivity index (χ4n) is 1.41. The topological polar surface area (TPSA) is 46.2 Å². The Bertz CT molecular complexity index is 305. The molecular formula is C11H17Cl2NO. The van der Waals surface area contributed by atoms with Crippen LogP contribution >= 0.6 is 24.0 Å². The number of phenolic OH excluding ortho intramolecular Hbond substituents is 1. The van der Waals surface area contributed by atoms with Crippen molar-refractivity contribution in [2.75, 3.05) is 0 Å². The van der Waals surface area contributed by atoms with E-state index in [-0.39, 0.29) is 24.2 Å². The zero-order valence-electron chi connectivity index (χ0n) is 8.74. The number of hydrogen-bond donors (Lipinski definition) is 2. The van der Waals surface area contributed by atoms with Gasteiger partial charge < -0.3 is 10.8 Å². The van der Waals surface area contributed by atoms with Gasteiger partial charge in [-0.3, -0.25) is 0 Å². The average Bonchev–Trinajstić information content (AvgIpc) is 2.18. The van der Waals surface area contributed by atoms with Gasteiger partial charge in [0.15, 0.2) is 0 Å². The first-order chi connectivity index (χ1) is 6.66. The van der Waals surface area contributed by atoms with Crippen molar-refractivity contribution in [3.63, 3.8) is 0 Å². The van der Waals surface area contributed by atoms with E-state index in [4.69, 9.17) is 17.3 Å². The lowest BCUT2D eigenvalue weighted by molar-refractivity contribution is 0.457. The molecule has 0 aliphatic carbocycles. The number of para-hydroxylation sites is 1. The molecule has 1 atom stereocenters. The van der Waals surface area contributed by atoms with E-state index in [1.807, 2.05) is 12.1 Å². The van der Waals surface area contributed by atoms with E-state index in [1.165, 1.54) is 0 Å². The third-order valence-corrected chi connectivity index (χ3v) is 2.59. The van der Waals surface area contributed by atoms with Gasteiger partial charge in [0, 0.05) is 11.6 Å². The Balaban J connectivity index is 0.00000196. The van der Waals surface area contributed by atoms with Crippen LogP contribution in [0.25, 0.3) is 0 Å². The molecule has 0 aromatic heterocycles. The highest BCUT2D eigenvalue weighted by Crippen LogP contribution is 2.32. The summed E-state index contributed by atoms with van der Waals surface area (Å²) >= 11 is 5.79. The maximum atomic E-state index is 9.66. The van der Waals surface area contributed by atoms with Gasteiger partial charge in [0.05, 0.1) is 5.02 Å². The van der Waals surface area contributed by atoms with Crippen molar-refractivity contribution in [1.82, 2.24) is 0 Å². The third kappa shape index (κ3) is 3.90. The van der Waals surface area contributed by atoms with Crippen molar-refractivity contribution in [3.05, 3.63) is 28.8 Å². The van der Waals surface area contributed by atoms with Gasteiger partial charge in [-0.25, -0.2) is 0 Å². The number of halogens is 2. The van der Waals surface area contributed by atoms with Crippen molar-refractivity contribution in [2.24, 2.45) is 5.73 Å². The molecule has 0 radical (unpaired) electrons. The first kappa shape index (κ1) is 14.6. The van der Waals surface area contributed by atoms with E-state index in [9.17, 15) is 5.11 Å². The predicted molar refractivity (Wildman–Crippen MR) is 66.8 cm³/mol. The fourth-order valence-corrected chi connectivity index (χ4v) is 1.59. The zero-order chi connectivity index (χ0) is 10.6. The van der Waals surface area contributed by atoms with Crippen LogP contribution in [0.4, 0.5) is 0 Å². The molecule has 0 saturated heterocycles. The lowest BCUT2D eigenvalue weighted by atomic mass is 10.0. The van der Waals surface area contributed by atoms with E-state index in [0.717, 1.165) is 24.8 Å². The molecule has 1 aromatic rings. The summed E-state index contributed by atoms with van der Waals surface area (Å²) < 4.78 is 0. The van der Waals surface area contributed by atoms with E-state index < -0.39 is 0 Å². The maximum Gasteiger partial charge on any atom is 0.138 e. The largest absolute Gasteiger partial charge is 0.506 e. The molecular weight excluding hydrogens is 233 g/mol. The highest BCUT2D eigenvalue weighted by atomic mass is 35.5. The lowest BCUT2D eigenvalue weighted by Crippen LogP contribution is -2.10. The summed E-state index contributed by atoms with van der Waals surface area (Å²) in [5.74, 6) is 0.123. The van der Waals surface area contributed by atoms with Crippen LogP contribution in [0.5, 0.6) is 5.75 Å². The minimum atomic E-state index is -0.117. The Hall–Kier alpha value is -0.440. The number of benzene rings is 1. The molecule has 0 bridgehead atoms. The van der Waals surface area contributed by atoms with Gasteiger partial charge in [-0.2, -0.15) is 0 Å². The number of hydrogen-bond acceptors (Lipinski definition) is 2. The second kappa shape index (κ2) is 6.94. The van der Waals surface area contributed by atoms with Gasteiger partial charge in [-0.05, 0) is 12.5 Å². The molecule has 4 heteroatoms. The molecule has 15 heavy (non-hydrogen) atoms. The SMILES string of the molecule is CCCC[C@H](N)c1cccc(Cl)c1O.Cl. The Kier molecular flexibility index (Phi) is 6.73. The summed E-state index contributed by atoms with van der Waals surface area (Å²) in [5, 5.41) is 10.0. The first-order valence-corrected chi connectivity index (χ1v) is 5.27. The normalized spacial score (nSPS) is 11.9. The van der Waals surface area contributed by atoms with Crippen molar-refractivity contribution >= 4 is 24.0 Å². The highest BCUT2D eigenvalue weighted by molar-refractivity contribution is 6.32. The molecule has 2 nitrogen and oxygen atoms in total. The van der Waals surface area contributed by atoms with E-state index >= 15 is 0 Å². The summed E-state index contributed by atoms with van der Waals surface area (Å²) in [6, 6.07) is 5.17. The minimum Gasteiger partial charge on any atom is -0.506 e. The van der Waals surface area contributed by atoms with E-state index in [0.29, 0.717) is 5.02 Å². The van der Waals surface area contributed by atoms with Crippen molar-refractivity contribution in [3.8, 4) is 5.75 Å². The molecule has 86 valence electrons. The van der Waals surface area contributed by atoms with E-state index in [1.54, 1.807) is 6.07 Å². The first-order valence-electron chi connectivity index (χ1n) is 4.89. The van der Waals surface area contributed by atoms with Crippen LogP contribution < -0.4 is 5.73 Å². The minimum absolute atomic E-state index is 0. The lowest BCUT2D eigenvalue weighted by Gasteiger charge is -2.13. The third-order valence-electron chi connectivity index (χ3n) is 2.29. The van der Waals surface area contributed by atoms with Gasteiger partial charge in [-0.15, -0.1) is 12.4 Å². The molecule has 1 rings (SSSR count). The number of unbranched alkanes of at least 4 members (excludes halogenated alkanes) is 1. The number of nitrogens with two attached hydrogens (primary N) is 1. The maximum absolute atomic E-state index is 9.66. The van der Waals surface area contributed by atoms with Crippen LogP contribution in [0.1, 0.15) is 37.8 Å². The van der Waals surface area contributed by atoms with Gasteiger partial charge in [0.2, 0.25) is 0 Å². The van der Waals surface area contributed by atoms with Gasteiger partial charge in [0.1, 0.15) is 5.75 Å². The summed E-state index contributed by atoms with van der Waals surface area (Å²) in [4.78, 5) is 0. The summed E-state index contributed by atoms with van der Waals surface area (Å²) in [6.45, 7) is 2.12. The van der Waals surface area contributed by atoms with Crippen molar-refractivity contribution in [1.29, 1.82) is 0 Å². The smallest absolute Gasteiger partial charge is 0.138 e. The molecule has 1 aromatic carbocycles. The quantitative estimate of drug-likeness (QED) is 0.856. The van der Waals surface area contributed by atoms with E-state index in [2.05, 4.69) is 6.92 Å². The molecule has 0 saturated carbocycles. The molecule has 0 aliphatic rings. The molecule has 0 fully saturated rings. The molecule has 0 heterocycles. The number of phenols is 1. The van der Waals surface area contributed by atoms with Crippen molar-refractivity contribution < 1.29 is 5.11 Å². The standard InChI is InChI=1S/C11H16ClNO.ClH/c1-2-3-7-10(13)8-5-4-6-9(12)11(8)14;/h4-6,10,14H,2-3,7,13H2,1H3;1H/t10-;/m0./s1. The molecule has 0 spiro atoms. The Morgan fingerprint density at radius 1 is 1.47 bits per heavy atom. The molecule has 0 unspecified atom stereocenters. The average molecular weight is 250 g/mol. The van der Waals surface area contributed by atoms with Crippen LogP contribution in [0, 0.1) is 0 Å². The van der Waals surface area contributed by atoms with Gasteiger partial charge >= 0.3 is 0 Å². The summed E-state index contributed by atoms with van der Waals surface area (Å²) in [6.07, 6.45) is 3.05. The van der Waals surface area contributed by atoms with Gasteiger partial charge in [0.25, 0.3) is 0 Å². The molecule has 0 amide bonds. The Morgan fingerprint density at radius 3 is 2.73 bits per heavy atom. The summed E-state index contributed by atoms with van der Waals surface area (Å²) in [5.41, 5.74) is 6.67. The predicted octanol–water partition coefficient (Wildman–Crippen LogP) is 3.66. The van der Waals surface area contributed by atoms with Crippen LogP contribution in [0.2, 0.25) is 5.02 Å². The van der Waals surface area contributed by atoms with Crippen LogP contribution in [-0.2, 0) is 0 Å². The number of aromatic hydroxyl groups is 1. The molecule has 0 aliphatic heterocycles. The Labute approximate surface area is 102 Å². The zero-order valence-corrected chi connectivity index (χ0v) is 10.3. The van der Waals surface area contributed by atoms with Crippen LogP contribution in [-0.4, -0.2) is 5.11 Å². The van der Waals surface area contributed by atoms with Crippen LogP contribution in [0.3, 0.4) is 0 Å². The highest BCUT2D eigenvalue weighted by Gasteiger charge is 2.11. The van der Waals surface area contributed by atoms with Crippen molar-refractivity contribution in [2.45, 2.75) is 32.2 Å². The Morgan fingerprint density at radius 2 is 2.13 bits per heavy atom. The van der Waals surface area contributed by atoms with Gasteiger partial charge in [-0.1, -0.05) is 43.5 Å². The summed E-state index contributed by atoms with van der Waals surface area (Å²) in [7, 11) is 0. The second-order valence-electron chi connectivity index (χ2n) is 3.43. The van der Waals surface area contributed by atoms with Crippen LogP contribution in [0.15, 0.2) is 18.2 Å². The molecule has 3 N–H and O–H groups in total. The second-order valence-corrected chi connectivity index (χ2v) is 3.83.